The molecule has 0 amide bonds. The number of pyridine rings is 1. The maximum absolute atomic E-state index is 8.72. The smallest absolute Gasteiger partial charge is 0.258 e. The molecule has 2 aromatic heterocycles. The van der Waals surface area contributed by atoms with Crippen LogP contribution in [-0.2, 0) is 5.75 Å². The minimum absolute atomic E-state index is 0.335. The highest BCUT2D eigenvalue weighted by Crippen LogP contribution is 2.18. The van der Waals surface area contributed by atoms with Gasteiger partial charge >= 0.3 is 0 Å². The molecule has 80 valence electrons. The van der Waals surface area contributed by atoms with E-state index in [0.717, 1.165) is 0 Å². The van der Waals surface area contributed by atoms with E-state index in [2.05, 4.69) is 15.1 Å². The zero-order valence-electron chi connectivity index (χ0n) is 8.54. The zero-order valence-corrected chi connectivity index (χ0v) is 9.36. The van der Waals surface area contributed by atoms with E-state index >= 15 is 0 Å². The van der Waals surface area contributed by atoms with Gasteiger partial charge in [0.05, 0.1) is 5.75 Å². The molecule has 0 N–H and O–H groups in total. The molecule has 0 bridgehead atoms. The topological polar surface area (TPSA) is 75.6 Å². The van der Waals surface area contributed by atoms with Gasteiger partial charge in [0.25, 0.3) is 5.89 Å². The number of nitriles is 1. The van der Waals surface area contributed by atoms with Crippen LogP contribution >= 0.6 is 11.8 Å². The molecule has 0 aliphatic heterocycles. The Morgan fingerprint density at radius 1 is 1.56 bits per heavy atom. The number of thioether (sulfide) groups is 1. The summed E-state index contributed by atoms with van der Waals surface area (Å²) < 4.78 is 5.09. The Morgan fingerprint density at radius 3 is 3.19 bits per heavy atom. The van der Waals surface area contributed by atoms with Crippen molar-refractivity contribution in [1.82, 2.24) is 15.1 Å². The van der Waals surface area contributed by atoms with Crippen molar-refractivity contribution in [2.75, 3.05) is 6.26 Å². The van der Waals surface area contributed by atoms with Gasteiger partial charge in [-0.3, -0.25) is 0 Å². The molecular formula is C10H8N4OS. The fourth-order valence-electron chi connectivity index (χ4n) is 1.18. The molecule has 2 heterocycles. The van der Waals surface area contributed by atoms with Gasteiger partial charge in [0.15, 0.2) is 5.82 Å². The molecule has 0 aromatic carbocycles. The SMILES string of the molecule is CSCc1noc(-c2ccnc(C#N)c2)n1. The van der Waals surface area contributed by atoms with Crippen LogP contribution < -0.4 is 0 Å². The highest BCUT2D eigenvalue weighted by atomic mass is 32.2. The summed E-state index contributed by atoms with van der Waals surface area (Å²) in [5, 5.41) is 12.5. The fourth-order valence-corrected chi connectivity index (χ4v) is 1.56. The van der Waals surface area contributed by atoms with Crippen LogP contribution in [0.15, 0.2) is 22.9 Å². The van der Waals surface area contributed by atoms with Crippen LogP contribution in [0.25, 0.3) is 11.5 Å². The third kappa shape index (κ3) is 2.20. The van der Waals surface area contributed by atoms with E-state index in [1.807, 2.05) is 12.3 Å². The van der Waals surface area contributed by atoms with Gasteiger partial charge < -0.3 is 4.52 Å². The van der Waals surface area contributed by atoms with Crippen molar-refractivity contribution in [3.63, 3.8) is 0 Å². The first-order valence-electron chi connectivity index (χ1n) is 4.51. The highest BCUT2D eigenvalue weighted by molar-refractivity contribution is 7.97. The van der Waals surface area contributed by atoms with Crippen molar-refractivity contribution in [1.29, 1.82) is 5.26 Å². The van der Waals surface area contributed by atoms with E-state index in [9.17, 15) is 0 Å². The lowest BCUT2D eigenvalue weighted by molar-refractivity contribution is 0.425. The Balaban J connectivity index is 2.32. The normalized spacial score (nSPS) is 10.0. The Kier molecular flexibility index (Phi) is 3.17. The lowest BCUT2D eigenvalue weighted by Gasteiger charge is -1.92. The molecule has 0 atom stereocenters. The summed E-state index contributed by atoms with van der Waals surface area (Å²) in [6.07, 6.45) is 3.52. The van der Waals surface area contributed by atoms with Gasteiger partial charge in [-0.2, -0.15) is 22.0 Å². The number of aromatic nitrogens is 3. The second-order valence-corrected chi connectivity index (χ2v) is 3.86. The molecule has 0 unspecified atom stereocenters. The quantitative estimate of drug-likeness (QED) is 0.804. The average molecular weight is 232 g/mol. The van der Waals surface area contributed by atoms with E-state index < -0.39 is 0 Å². The maximum atomic E-state index is 8.72. The number of hydrogen-bond donors (Lipinski definition) is 0. The van der Waals surface area contributed by atoms with Gasteiger partial charge in [0, 0.05) is 11.8 Å². The number of nitrogens with zero attached hydrogens (tertiary/aromatic N) is 4. The molecule has 0 spiro atoms. The Morgan fingerprint density at radius 2 is 2.44 bits per heavy atom. The fraction of sp³-hybridized carbons (Fsp3) is 0.200. The van der Waals surface area contributed by atoms with Crippen molar-refractivity contribution in [2.45, 2.75) is 5.75 Å². The molecule has 0 aliphatic rings. The third-order valence-corrected chi connectivity index (χ3v) is 2.41. The monoisotopic (exact) mass is 232 g/mol. The van der Waals surface area contributed by atoms with Crippen LogP contribution in [0.3, 0.4) is 0 Å². The van der Waals surface area contributed by atoms with Crippen LogP contribution in [-0.4, -0.2) is 21.4 Å². The number of rotatable bonds is 3. The van der Waals surface area contributed by atoms with Crippen molar-refractivity contribution in [2.24, 2.45) is 0 Å². The third-order valence-electron chi connectivity index (χ3n) is 1.86. The van der Waals surface area contributed by atoms with Gasteiger partial charge in [-0.1, -0.05) is 5.16 Å². The summed E-state index contributed by atoms with van der Waals surface area (Å²) in [6, 6.07) is 5.32. The lowest BCUT2D eigenvalue weighted by Crippen LogP contribution is -1.85. The molecule has 0 radical (unpaired) electrons. The lowest BCUT2D eigenvalue weighted by atomic mass is 10.2. The zero-order chi connectivity index (χ0) is 11.4. The van der Waals surface area contributed by atoms with Crippen molar-refractivity contribution >= 4 is 11.8 Å². The molecule has 0 aliphatic carbocycles. The molecule has 0 saturated heterocycles. The summed E-state index contributed by atoms with van der Waals surface area (Å²) in [4.78, 5) is 8.08. The largest absolute Gasteiger partial charge is 0.334 e. The standard InChI is InChI=1S/C10H8N4OS/c1-16-6-9-13-10(15-14-9)7-2-3-12-8(4-7)5-11/h2-4H,6H2,1H3. The maximum Gasteiger partial charge on any atom is 0.258 e. The minimum Gasteiger partial charge on any atom is -0.334 e. The van der Waals surface area contributed by atoms with Crippen molar-refractivity contribution in [3.05, 3.63) is 29.8 Å². The molecule has 0 saturated carbocycles. The highest BCUT2D eigenvalue weighted by Gasteiger charge is 2.08. The van der Waals surface area contributed by atoms with E-state index in [0.29, 0.717) is 28.7 Å². The summed E-state index contributed by atoms with van der Waals surface area (Å²) in [5.41, 5.74) is 1.05. The van der Waals surface area contributed by atoms with E-state index in [1.165, 1.54) is 0 Å². The van der Waals surface area contributed by atoms with Crippen molar-refractivity contribution < 1.29 is 4.52 Å². The van der Waals surface area contributed by atoms with E-state index in [-0.39, 0.29) is 0 Å². The van der Waals surface area contributed by atoms with Crippen molar-refractivity contribution in [3.8, 4) is 17.5 Å². The van der Waals surface area contributed by atoms with Crippen LogP contribution in [0.2, 0.25) is 0 Å². The van der Waals surface area contributed by atoms with Crippen LogP contribution in [0.1, 0.15) is 11.5 Å². The van der Waals surface area contributed by atoms with E-state index in [1.54, 1.807) is 30.1 Å². The minimum atomic E-state index is 0.335. The summed E-state index contributed by atoms with van der Waals surface area (Å²) in [7, 11) is 0. The number of hydrogen-bond acceptors (Lipinski definition) is 6. The van der Waals surface area contributed by atoms with Gasteiger partial charge in [-0.05, 0) is 18.4 Å². The van der Waals surface area contributed by atoms with Crippen LogP contribution in [0.5, 0.6) is 0 Å². The van der Waals surface area contributed by atoms with Gasteiger partial charge in [-0.25, -0.2) is 4.98 Å². The molecule has 2 aromatic rings. The first-order chi connectivity index (χ1) is 7.83. The van der Waals surface area contributed by atoms with Gasteiger partial charge in [0.1, 0.15) is 11.8 Å². The average Bonchev–Trinajstić information content (AvgIpc) is 2.78. The first kappa shape index (κ1) is 10.6. The second kappa shape index (κ2) is 4.77. The predicted molar refractivity (Wildman–Crippen MR) is 59.5 cm³/mol. The van der Waals surface area contributed by atoms with Gasteiger partial charge in [0.2, 0.25) is 0 Å². The summed E-state index contributed by atoms with van der Waals surface area (Å²) in [6.45, 7) is 0. The van der Waals surface area contributed by atoms with E-state index in [4.69, 9.17) is 9.78 Å². The van der Waals surface area contributed by atoms with Crippen LogP contribution in [0, 0.1) is 11.3 Å². The molecule has 2 rings (SSSR count). The molecule has 16 heavy (non-hydrogen) atoms. The Labute approximate surface area is 96.5 Å². The van der Waals surface area contributed by atoms with Crippen LogP contribution in [0.4, 0.5) is 0 Å². The Bertz CT molecular complexity index is 532. The summed E-state index contributed by atoms with van der Waals surface area (Å²) >= 11 is 1.62. The molecule has 5 nitrogen and oxygen atoms in total. The predicted octanol–water partition coefficient (Wildman–Crippen LogP) is 1.87. The molecule has 6 heteroatoms. The van der Waals surface area contributed by atoms with Gasteiger partial charge in [-0.15, -0.1) is 0 Å². The first-order valence-corrected chi connectivity index (χ1v) is 5.91. The molecular weight excluding hydrogens is 224 g/mol. The summed E-state index contributed by atoms with van der Waals surface area (Å²) in [5.74, 6) is 1.78. The molecule has 0 fully saturated rings. The second-order valence-electron chi connectivity index (χ2n) is 2.99. The Hall–Kier alpha value is -1.87.